The van der Waals surface area contributed by atoms with Crippen LogP contribution in [0.25, 0.3) is 0 Å². The Morgan fingerprint density at radius 1 is 1.29 bits per heavy atom. The highest BCUT2D eigenvalue weighted by Crippen LogP contribution is 2.39. The average molecular weight is 264 g/mol. The molecule has 1 aliphatic rings. The summed E-state index contributed by atoms with van der Waals surface area (Å²) in [7, 11) is 0.483. The number of Topliss-reactive ketones (excluding diaryl/α,β-unsaturated/α-hetero) is 1. The lowest BCUT2D eigenvalue weighted by atomic mass is 10.2. The van der Waals surface area contributed by atoms with Crippen LogP contribution in [0.4, 0.5) is 0 Å². The number of methoxy groups -OCH3 is 1. The predicted octanol–water partition coefficient (Wildman–Crippen LogP) is 2.09. The lowest BCUT2D eigenvalue weighted by Crippen LogP contribution is -2.24. The summed E-state index contributed by atoms with van der Waals surface area (Å²) in [5, 5.41) is 0. The number of ketones is 1. The minimum absolute atomic E-state index is 0.0533. The summed E-state index contributed by atoms with van der Waals surface area (Å²) < 4.78 is 21.3. The van der Waals surface area contributed by atoms with Gasteiger partial charge in [0, 0.05) is 13.5 Å². The summed E-state index contributed by atoms with van der Waals surface area (Å²) in [6, 6.07) is 0. The molecule has 6 heteroatoms. The van der Waals surface area contributed by atoms with Crippen molar-refractivity contribution in [3.05, 3.63) is 0 Å². The molecule has 0 N–H and O–H groups in total. The first kappa shape index (κ1) is 15.0. The van der Waals surface area contributed by atoms with Crippen LogP contribution in [0.15, 0.2) is 0 Å². The van der Waals surface area contributed by atoms with Crippen LogP contribution >= 0.6 is 8.38 Å². The van der Waals surface area contributed by atoms with Gasteiger partial charge in [-0.25, -0.2) is 0 Å². The Morgan fingerprint density at radius 3 is 2.41 bits per heavy atom. The fourth-order valence-electron chi connectivity index (χ4n) is 1.66. The van der Waals surface area contributed by atoms with Gasteiger partial charge in [0.1, 0.15) is 6.10 Å². The second-order valence-electron chi connectivity index (χ2n) is 3.66. The highest BCUT2D eigenvalue weighted by Gasteiger charge is 2.32. The number of carbonyl (C=O) groups excluding carboxylic acids is 1. The maximum Gasteiger partial charge on any atom is 0.178 e. The van der Waals surface area contributed by atoms with E-state index in [1.54, 1.807) is 7.11 Å². The minimum Gasteiger partial charge on any atom is -0.356 e. The van der Waals surface area contributed by atoms with Crippen LogP contribution < -0.4 is 0 Å². The summed E-state index contributed by atoms with van der Waals surface area (Å²) in [4.78, 5) is 11.9. The molecule has 0 saturated carbocycles. The lowest BCUT2D eigenvalue weighted by Gasteiger charge is -2.17. The Hall–Kier alpha value is -0.0600. The van der Waals surface area contributed by atoms with Crippen molar-refractivity contribution in [3.63, 3.8) is 0 Å². The van der Waals surface area contributed by atoms with Gasteiger partial charge in [0.05, 0.1) is 19.4 Å². The van der Waals surface area contributed by atoms with E-state index in [1.165, 1.54) is 0 Å². The third-order valence-electron chi connectivity index (χ3n) is 2.43. The molecule has 2 unspecified atom stereocenters. The Kier molecular flexibility index (Phi) is 7.16. The predicted molar refractivity (Wildman–Crippen MR) is 65.0 cm³/mol. The van der Waals surface area contributed by atoms with E-state index >= 15 is 0 Å². The molecule has 0 aliphatic carbocycles. The van der Waals surface area contributed by atoms with Gasteiger partial charge in [-0.15, -0.1) is 0 Å². The van der Waals surface area contributed by atoms with Crippen LogP contribution in [-0.4, -0.2) is 44.7 Å². The molecule has 1 aliphatic heterocycles. The SMILES string of the molecule is CCOP(CC(=O)C1CCC(OC)O1)OCC. The second kappa shape index (κ2) is 8.11. The Balaban J connectivity index is 2.36. The summed E-state index contributed by atoms with van der Waals surface area (Å²) in [6.07, 6.45) is 1.20. The Bertz CT molecular complexity index is 230. The molecule has 0 spiro atoms. The van der Waals surface area contributed by atoms with Crippen molar-refractivity contribution < 1.29 is 23.3 Å². The van der Waals surface area contributed by atoms with Gasteiger partial charge in [-0.1, -0.05) is 0 Å². The van der Waals surface area contributed by atoms with Gasteiger partial charge >= 0.3 is 0 Å². The van der Waals surface area contributed by atoms with E-state index in [1.807, 2.05) is 13.8 Å². The van der Waals surface area contributed by atoms with Crippen molar-refractivity contribution in [2.24, 2.45) is 0 Å². The highest BCUT2D eigenvalue weighted by molar-refractivity contribution is 7.48. The van der Waals surface area contributed by atoms with E-state index in [9.17, 15) is 4.79 Å². The highest BCUT2D eigenvalue weighted by atomic mass is 31.2. The topological polar surface area (TPSA) is 54.0 Å². The summed E-state index contributed by atoms with van der Waals surface area (Å²) in [5.74, 6) is 0.0533. The van der Waals surface area contributed by atoms with Gasteiger partial charge in [-0.2, -0.15) is 0 Å². The van der Waals surface area contributed by atoms with Crippen LogP contribution in [0.1, 0.15) is 26.7 Å². The molecular weight excluding hydrogens is 243 g/mol. The van der Waals surface area contributed by atoms with Gasteiger partial charge in [-0.3, -0.25) is 4.79 Å². The maximum atomic E-state index is 11.9. The molecule has 5 nitrogen and oxygen atoms in total. The zero-order chi connectivity index (χ0) is 12.7. The molecule has 0 radical (unpaired) electrons. The first-order chi connectivity index (χ1) is 8.21. The standard InChI is InChI=1S/C11H21O5P/c1-4-14-17(15-5-2)8-9(12)10-6-7-11(13-3)16-10/h10-11H,4-8H2,1-3H3. The monoisotopic (exact) mass is 264 g/mol. The van der Waals surface area contributed by atoms with Gasteiger partial charge in [0.15, 0.2) is 20.4 Å². The van der Waals surface area contributed by atoms with Crippen LogP contribution in [0, 0.1) is 0 Å². The largest absolute Gasteiger partial charge is 0.356 e. The zero-order valence-corrected chi connectivity index (χ0v) is 11.6. The van der Waals surface area contributed by atoms with E-state index in [0.29, 0.717) is 19.4 Å². The normalized spacial score (nSPS) is 24.5. The number of hydrogen-bond donors (Lipinski definition) is 0. The molecule has 0 aromatic rings. The maximum absolute atomic E-state index is 11.9. The van der Waals surface area contributed by atoms with Gasteiger partial charge in [0.25, 0.3) is 0 Å². The molecular formula is C11H21O5P. The van der Waals surface area contributed by atoms with Crippen LogP contribution in [0.3, 0.4) is 0 Å². The first-order valence-corrected chi connectivity index (χ1v) is 7.31. The fourth-order valence-corrected chi connectivity index (χ4v) is 2.95. The minimum atomic E-state index is -1.11. The van der Waals surface area contributed by atoms with E-state index < -0.39 is 8.38 Å². The van der Waals surface area contributed by atoms with E-state index in [4.69, 9.17) is 18.5 Å². The first-order valence-electron chi connectivity index (χ1n) is 5.95. The molecule has 1 heterocycles. The number of ether oxygens (including phenoxy) is 2. The number of hydrogen-bond acceptors (Lipinski definition) is 5. The molecule has 1 saturated heterocycles. The second-order valence-corrected chi connectivity index (χ2v) is 5.16. The van der Waals surface area contributed by atoms with Crippen LogP contribution in [0.5, 0.6) is 0 Å². The van der Waals surface area contributed by atoms with Crippen molar-refractivity contribution in [2.45, 2.75) is 39.1 Å². The molecule has 0 bridgehead atoms. The molecule has 1 fully saturated rings. The van der Waals surface area contributed by atoms with Gasteiger partial charge < -0.3 is 18.5 Å². The van der Waals surface area contributed by atoms with Gasteiger partial charge in [-0.05, 0) is 20.3 Å². The number of rotatable bonds is 8. The van der Waals surface area contributed by atoms with Crippen molar-refractivity contribution >= 4 is 14.2 Å². The molecule has 0 aromatic heterocycles. The number of carbonyl (C=O) groups is 1. The van der Waals surface area contributed by atoms with Crippen molar-refractivity contribution in [2.75, 3.05) is 26.5 Å². The Morgan fingerprint density at radius 2 is 1.94 bits per heavy atom. The van der Waals surface area contributed by atoms with Crippen LogP contribution in [-0.2, 0) is 23.3 Å². The van der Waals surface area contributed by atoms with E-state index in [0.717, 1.165) is 12.8 Å². The Labute approximate surface area is 104 Å². The third kappa shape index (κ3) is 4.98. The molecule has 100 valence electrons. The van der Waals surface area contributed by atoms with Crippen LogP contribution in [0.2, 0.25) is 0 Å². The summed E-state index contributed by atoms with van der Waals surface area (Å²) in [6.45, 7) is 4.91. The smallest absolute Gasteiger partial charge is 0.178 e. The van der Waals surface area contributed by atoms with Crippen molar-refractivity contribution in [3.8, 4) is 0 Å². The van der Waals surface area contributed by atoms with E-state index in [-0.39, 0.29) is 18.2 Å². The van der Waals surface area contributed by atoms with Crippen molar-refractivity contribution in [1.82, 2.24) is 0 Å². The summed E-state index contributed by atoms with van der Waals surface area (Å²) in [5.41, 5.74) is 0. The molecule has 1 rings (SSSR count). The van der Waals surface area contributed by atoms with Gasteiger partial charge in [0.2, 0.25) is 0 Å². The molecule has 17 heavy (non-hydrogen) atoms. The van der Waals surface area contributed by atoms with E-state index in [2.05, 4.69) is 0 Å². The molecule has 2 atom stereocenters. The lowest BCUT2D eigenvalue weighted by molar-refractivity contribution is -0.144. The zero-order valence-electron chi connectivity index (χ0n) is 10.7. The fraction of sp³-hybridized carbons (Fsp3) is 0.909. The third-order valence-corrected chi connectivity index (χ3v) is 4.10. The summed E-state index contributed by atoms with van der Waals surface area (Å²) >= 11 is 0. The molecule has 0 aromatic carbocycles. The quantitative estimate of drug-likeness (QED) is 0.628. The van der Waals surface area contributed by atoms with Crippen molar-refractivity contribution in [1.29, 1.82) is 0 Å². The molecule has 0 amide bonds. The average Bonchev–Trinajstić information content (AvgIpc) is 2.78.